The quantitative estimate of drug-likeness (QED) is 0.156. The van der Waals surface area contributed by atoms with E-state index in [1.54, 1.807) is 0 Å². The maximum Gasteiger partial charge on any atom is 0.187 e. The smallest absolute Gasteiger partial charge is 0.187 e. The Kier molecular flexibility index (Phi) is 10.7. The van der Waals surface area contributed by atoms with Crippen molar-refractivity contribution in [3.63, 3.8) is 0 Å². The molecule has 4 nitrogen and oxygen atoms in total. The number of anilines is 4. The molecule has 376 valence electrons. The van der Waals surface area contributed by atoms with Crippen LogP contribution in [0.4, 0.5) is 28.4 Å². The summed E-state index contributed by atoms with van der Waals surface area (Å²) in [4.78, 5) is 9.04. The van der Waals surface area contributed by atoms with E-state index in [9.17, 15) is 5.26 Å². The van der Waals surface area contributed by atoms with Gasteiger partial charge in [0.05, 0.1) is 23.6 Å². The minimum Gasteiger partial charge on any atom is -0.335 e. The van der Waals surface area contributed by atoms with E-state index < -0.39 is 5.41 Å². The summed E-state index contributed by atoms with van der Waals surface area (Å²) in [5.41, 5.74) is 21.1. The molecule has 9 aromatic carbocycles. The molecule has 0 aromatic heterocycles. The topological polar surface area (TPSA) is 34.6 Å². The predicted molar refractivity (Wildman–Crippen MR) is 318 cm³/mol. The minimum atomic E-state index is -0.625. The number of benzene rings is 9. The first-order valence-electron chi connectivity index (χ1n) is 28.2. The number of hydrogen-bond donors (Lipinski definition) is 0. The van der Waals surface area contributed by atoms with Crippen molar-refractivity contribution in [1.82, 2.24) is 0 Å². The van der Waals surface area contributed by atoms with Gasteiger partial charge in [0.2, 0.25) is 0 Å². The average Bonchev–Trinajstić information content (AvgIpc) is 4.00. The van der Waals surface area contributed by atoms with Crippen LogP contribution in [0.2, 0.25) is 0 Å². The van der Waals surface area contributed by atoms with Crippen molar-refractivity contribution >= 4 is 39.2 Å². The van der Waals surface area contributed by atoms with E-state index in [1.165, 1.54) is 133 Å². The lowest BCUT2D eigenvalue weighted by molar-refractivity contribution is 0.0863. The molecule has 4 unspecified atom stereocenters. The molecule has 0 N–H and O–H groups in total. The van der Waals surface area contributed by atoms with Crippen LogP contribution in [0.25, 0.3) is 49.0 Å². The summed E-state index contributed by atoms with van der Waals surface area (Å²) < 4.78 is 0. The molecule has 0 radical (unpaired) electrons. The predicted octanol–water partition coefficient (Wildman–Crippen LogP) is 19.0. The van der Waals surface area contributed by atoms with Gasteiger partial charge < -0.3 is 9.80 Å². The molecule has 4 heteroatoms. The van der Waals surface area contributed by atoms with E-state index in [2.05, 4.69) is 218 Å². The summed E-state index contributed by atoms with van der Waals surface area (Å²) >= 11 is 0. The van der Waals surface area contributed by atoms with Crippen molar-refractivity contribution in [1.29, 1.82) is 5.26 Å². The number of nitrogens with zero attached hydrogens (tertiary/aromatic N) is 4. The Morgan fingerprint density at radius 1 is 0.468 bits per heavy atom. The maximum absolute atomic E-state index is 9.75. The van der Waals surface area contributed by atoms with Gasteiger partial charge in [0.15, 0.2) is 5.69 Å². The normalized spacial score (nSPS) is 23.6. The number of rotatable bonds is 6. The third kappa shape index (κ3) is 6.80. The average molecular weight is 997 g/mol. The molecular weight excluding hydrogens is 933 g/mol. The van der Waals surface area contributed by atoms with Crippen LogP contribution in [0.1, 0.15) is 118 Å². The van der Waals surface area contributed by atoms with Gasteiger partial charge in [-0.25, -0.2) is 4.85 Å². The fourth-order valence-corrected chi connectivity index (χ4v) is 16.0. The van der Waals surface area contributed by atoms with Gasteiger partial charge in [-0.3, -0.25) is 0 Å². The summed E-state index contributed by atoms with van der Waals surface area (Å²) in [6, 6.07) is 75.2. The Morgan fingerprint density at radius 3 is 1.53 bits per heavy atom. The Balaban J connectivity index is 0.964. The highest BCUT2D eigenvalue weighted by Gasteiger charge is 2.56. The molecule has 2 saturated carbocycles. The summed E-state index contributed by atoms with van der Waals surface area (Å²) in [6.45, 7) is 17.8. The van der Waals surface area contributed by atoms with Gasteiger partial charge in [0, 0.05) is 33.8 Å². The van der Waals surface area contributed by atoms with Crippen molar-refractivity contribution in [3.8, 4) is 39.4 Å². The SMILES string of the molecule is [C-]#[N+]c1ccc(N2c3ccc(-c4cc5c(c6ccccc46)-c4ccc(-c6ccc7c(c6)CC6(C)CCCCC6(C)N7c6ccc(C#N)cc6)cc4C5(c4ccccc4)c4ccccc4)cc3CC3(C)CCCCC23C)cc1. The fraction of sp³-hybridized carbons (Fsp3) is 0.260. The van der Waals surface area contributed by atoms with Crippen LogP contribution in [0.5, 0.6) is 0 Å². The molecule has 3 aliphatic carbocycles. The van der Waals surface area contributed by atoms with Crippen molar-refractivity contribution in [2.75, 3.05) is 9.80 Å². The van der Waals surface area contributed by atoms with Gasteiger partial charge in [-0.1, -0.05) is 161 Å². The maximum atomic E-state index is 9.75. The zero-order valence-corrected chi connectivity index (χ0v) is 44.8. The molecule has 0 amide bonds. The molecule has 0 bridgehead atoms. The van der Waals surface area contributed by atoms with Gasteiger partial charge in [-0.15, -0.1) is 0 Å². The first-order chi connectivity index (χ1) is 37.5. The molecule has 5 aliphatic rings. The summed E-state index contributed by atoms with van der Waals surface area (Å²) in [6.07, 6.45) is 11.6. The molecular formula is C73H64N4. The van der Waals surface area contributed by atoms with Crippen molar-refractivity contribution < 1.29 is 0 Å². The van der Waals surface area contributed by atoms with E-state index in [1.807, 2.05) is 24.3 Å². The van der Waals surface area contributed by atoms with Crippen LogP contribution in [0, 0.1) is 28.7 Å². The van der Waals surface area contributed by atoms with Gasteiger partial charge in [0.25, 0.3) is 0 Å². The molecule has 0 spiro atoms. The fourth-order valence-electron chi connectivity index (χ4n) is 16.0. The van der Waals surface area contributed by atoms with Crippen LogP contribution in [-0.2, 0) is 18.3 Å². The number of nitriles is 1. The van der Waals surface area contributed by atoms with E-state index in [4.69, 9.17) is 6.57 Å². The Morgan fingerprint density at radius 2 is 0.961 bits per heavy atom. The zero-order valence-electron chi connectivity index (χ0n) is 44.8. The third-order valence-electron chi connectivity index (χ3n) is 20.4. The number of hydrogen-bond acceptors (Lipinski definition) is 3. The van der Waals surface area contributed by atoms with E-state index in [-0.39, 0.29) is 21.9 Å². The first-order valence-corrected chi connectivity index (χ1v) is 28.2. The third-order valence-corrected chi connectivity index (χ3v) is 20.4. The van der Waals surface area contributed by atoms with Gasteiger partial charge in [0.1, 0.15) is 0 Å². The standard InChI is InChI=1S/C73H64N4/c1-69-38-14-16-40-71(69,3)76(58-31-24-49(48-74)25-32-58)66-36-27-50(42-53(66)46-69)51-26-35-62-64(44-51)73(55-18-8-6-9-19-55,56-20-10-7-11-21-56)65-45-63(60-22-12-13-23-61(60)68(62)65)52-28-37-67-54(43-52)47-70(2)39-15-17-41-72(70,4)77(67)59-33-29-57(75-5)30-34-59/h6-13,18-37,42-45H,14-17,38-41,46-47H2,1-4H3. The molecule has 9 aromatic rings. The molecule has 2 aliphatic heterocycles. The molecule has 4 atom stereocenters. The Labute approximate surface area is 455 Å². The van der Waals surface area contributed by atoms with Crippen LogP contribution >= 0.6 is 0 Å². The monoisotopic (exact) mass is 997 g/mol. The summed E-state index contributed by atoms with van der Waals surface area (Å²) in [7, 11) is 0. The van der Waals surface area contributed by atoms with E-state index >= 15 is 0 Å². The van der Waals surface area contributed by atoms with Crippen molar-refractivity contribution in [3.05, 3.63) is 244 Å². The van der Waals surface area contributed by atoms with Gasteiger partial charge in [-0.2, -0.15) is 5.26 Å². The zero-order chi connectivity index (χ0) is 52.3. The second-order valence-corrected chi connectivity index (χ2v) is 24.2. The van der Waals surface area contributed by atoms with Crippen LogP contribution in [0.3, 0.4) is 0 Å². The highest BCUT2D eigenvalue weighted by Crippen LogP contribution is 2.63. The lowest BCUT2D eigenvalue weighted by atomic mass is 9.57. The van der Waals surface area contributed by atoms with Crippen LogP contribution in [-0.4, -0.2) is 11.1 Å². The molecule has 0 saturated heterocycles. The molecule has 77 heavy (non-hydrogen) atoms. The van der Waals surface area contributed by atoms with Gasteiger partial charge in [-0.05, 0) is 214 Å². The van der Waals surface area contributed by atoms with E-state index in [0.29, 0.717) is 11.3 Å². The molecule has 2 heterocycles. The lowest BCUT2D eigenvalue weighted by Gasteiger charge is -2.60. The Hall–Kier alpha value is -8.18. The van der Waals surface area contributed by atoms with Gasteiger partial charge >= 0.3 is 0 Å². The van der Waals surface area contributed by atoms with Crippen LogP contribution < -0.4 is 9.80 Å². The number of fused-ring (bicyclic) bond motifs is 9. The lowest BCUT2D eigenvalue weighted by Crippen LogP contribution is -2.60. The molecule has 2 fully saturated rings. The molecule has 14 rings (SSSR count). The van der Waals surface area contributed by atoms with Crippen molar-refractivity contribution in [2.24, 2.45) is 10.8 Å². The summed E-state index contributed by atoms with van der Waals surface area (Å²) in [5.74, 6) is 0. The van der Waals surface area contributed by atoms with Crippen LogP contribution in [0.15, 0.2) is 194 Å². The largest absolute Gasteiger partial charge is 0.335 e. The highest BCUT2D eigenvalue weighted by atomic mass is 15.2. The summed E-state index contributed by atoms with van der Waals surface area (Å²) in [5, 5.41) is 12.3. The minimum absolute atomic E-state index is 0.0543. The highest BCUT2D eigenvalue weighted by molar-refractivity contribution is 6.10. The van der Waals surface area contributed by atoms with Crippen molar-refractivity contribution in [2.45, 2.75) is 108 Å². The second-order valence-electron chi connectivity index (χ2n) is 24.2. The first kappa shape index (κ1) is 47.3. The Bertz CT molecular complexity index is 3880. The second kappa shape index (κ2) is 17.4. The van der Waals surface area contributed by atoms with E-state index in [0.717, 1.165) is 31.4 Å².